The summed E-state index contributed by atoms with van der Waals surface area (Å²) in [6.07, 6.45) is -0.605. The van der Waals surface area contributed by atoms with Gasteiger partial charge in [-0.25, -0.2) is 9.59 Å². The third kappa shape index (κ3) is 3.23. The zero-order chi connectivity index (χ0) is 15.6. The van der Waals surface area contributed by atoms with E-state index in [1.54, 1.807) is 27.7 Å². The maximum Gasteiger partial charge on any atom is 0.411 e. The van der Waals surface area contributed by atoms with Crippen molar-refractivity contribution in [1.29, 1.82) is 0 Å². The number of hydrogen-bond acceptors (Lipinski definition) is 5. The van der Waals surface area contributed by atoms with Crippen LogP contribution in [0.25, 0.3) is 0 Å². The monoisotopic (exact) mass is 287 g/mol. The molecule has 2 atom stereocenters. The van der Waals surface area contributed by atoms with Gasteiger partial charge < -0.3 is 14.6 Å². The van der Waals surface area contributed by atoms with E-state index in [9.17, 15) is 14.7 Å². The van der Waals surface area contributed by atoms with Gasteiger partial charge in [-0.05, 0) is 47.5 Å². The fourth-order valence-electron chi connectivity index (χ4n) is 2.49. The lowest BCUT2D eigenvalue weighted by Gasteiger charge is -2.38. The van der Waals surface area contributed by atoms with Gasteiger partial charge in [-0.2, -0.15) is 0 Å². The molecule has 1 aliphatic rings. The van der Waals surface area contributed by atoms with E-state index in [4.69, 9.17) is 9.47 Å². The Morgan fingerprint density at radius 2 is 2.00 bits per heavy atom. The highest BCUT2D eigenvalue weighted by molar-refractivity contribution is 5.87. The molecule has 1 heterocycles. The molecule has 6 nitrogen and oxygen atoms in total. The first-order valence-electron chi connectivity index (χ1n) is 7.01. The number of aliphatic hydroxyl groups excluding tert-OH is 1. The maximum absolute atomic E-state index is 12.3. The Balaban J connectivity index is 3.04. The van der Waals surface area contributed by atoms with Crippen LogP contribution in [0.5, 0.6) is 0 Å². The van der Waals surface area contributed by atoms with Gasteiger partial charge in [-0.3, -0.25) is 4.90 Å². The molecule has 0 bridgehead atoms. The molecule has 0 saturated carbocycles. The number of nitrogens with zero attached hydrogens (tertiary/aromatic N) is 1. The SMILES string of the molecule is CCOC(=O)[C@]1([C@@H](C)O)CCCN1C(=O)OC(C)(C)C. The van der Waals surface area contributed by atoms with E-state index in [2.05, 4.69) is 0 Å². The second kappa shape index (κ2) is 5.99. The molecular weight excluding hydrogens is 262 g/mol. The normalized spacial score (nSPS) is 24.4. The number of likely N-dealkylation sites (tertiary alicyclic amines) is 1. The van der Waals surface area contributed by atoms with Crippen molar-refractivity contribution >= 4 is 12.1 Å². The Labute approximate surface area is 120 Å². The van der Waals surface area contributed by atoms with Crippen LogP contribution in [0.3, 0.4) is 0 Å². The van der Waals surface area contributed by atoms with Crippen LogP contribution in [0.2, 0.25) is 0 Å². The van der Waals surface area contributed by atoms with Crippen LogP contribution in [0.15, 0.2) is 0 Å². The van der Waals surface area contributed by atoms with Crippen LogP contribution < -0.4 is 0 Å². The molecule has 0 aromatic rings. The summed E-state index contributed by atoms with van der Waals surface area (Å²) >= 11 is 0. The molecule has 1 amide bonds. The molecule has 1 saturated heterocycles. The third-order valence-electron chi connectivity index (χ3n) is 3.36. The molecule has 0 radical (unpaired) electrons. The average Bonchev–Trinajstić information content (AvgIpc) is 2.72. The van der Waals surface area contributed by atoms with Crippen LogP contribution in [0.1, 0.15) is 47.5 Å². The van der Waals surface area contributed by atoms with E-state index in [1.807, 2.05) is 0 Å². The molecule has 0 spiro atoms. The van der Waals surface area contributed by atoms with Crippen molar-refractivity contribution in [2.45, 2.75) is 64.7 Å². The van der Waals surface area contributed by atoms with Gasteiger partial charge in [0.2, 0.25) is 0 Å². The molecule has 1 N–H and O–H groups in total. The summed E-state index contributed by atoms with van der Waals surface area (Å²) in [5.41, 5.74) is -1.99. The first-order valence-corrected chi connectivity index (χ1v) is 7.01. The van der Waals surface area contributed by atoms with E-state index >= 15 is 0 Å². The van der Waals surface area contributed by atoms with E-state index in [0.29, 0.717) is 19.4 Å². The molecule has 0 unspecified atom stereocenters. The summed E-state index contributed by atoms with van der Waals surface area (Å²) < 4.78 is 10.4. The molecule has 0 aromatic carbocycles. The predicted molar refractivity (Wildman–Crippen MR) is 73.2 cm³/mol. The number of amides is 1. The molecule has 20 heavy (non-hydrogen) atoms. The van der Waals surface area contributed by atoms with Gasteiger partial charge in [0.25, 0.3) is 0 Å². The van der Waals surface area contributed by atoms with E-state index in [0.717, 1.165) is 0 Å². The van der Waals surface area contributed by atoms with E-state index < -0.39 is 29.3 Å². The highest BCUT2D eigenvalue weighted by atomic mass is 16.6. The van der Waals surface area contributed by atoms with Crippen molar-refractivity contribution in [2.24, 2.45) is 0 Å². The minimum absolute atomic E-state index is 0.204. The zero-order valence-corrected chi connectivity index (χ0v) is 12.9. The Morgan fingerprint density at radius 1 is 1.40 bits per heavy atom. The van der Waals surface area contributed by atoms with Crippen molar-refractivity contribution in [3.8, 4) is 0 Å². The van der Waals surface area contributed by atoms with Gasteiger partial charge >= 0.3 is 12.1 Å². The fourth-order valence-corrected chi connectivity index (χ4v) is 2.49. The summed E-state index contributed by atoms with van der Waals surface area (Å²) in [5.74, 6) is -0.571. The third-order valence-corrected chi connectivity index (χ3v) is 3.36. The smallest absolute Gasteiger partial charge is 0.411 e. The predicted octanol–water partition coefficient (Wildman–Crippen LogP) is 1.70. The number of rotatable bonds is 3. The largest absolute Gasteiger partial charge is 0.464 e. The van der Waals surface area contributed by atoms with Gasteiger partial charge in [0.05, 0.1) is 12.7 Å². The number of hydrogen-bond donors (Lipinski definition) is 1. The maximum atomic E-state index is 12.3. The number of aliphatic hydroxyl groups is 1. The molecule has 6 heteroatoms. The first-order chi connectivity index (χ1) is 9.15. The standard InChI is InChI=1S/C14H25NO5/c1-6-19-11(17)14(10(2)16)8-7-9-15(14)12(18)20-13(3,4)5/h10,16H,6-9H2,1-5H3/t10-,14-/m1/s1. The number of carbonyl (C=O) groups is 2. The molecule has 1 rings (SSSR count). The second-order valence-electron chi connectivity index (χ2n) is 6.06. The van der Waals surface area contributed by atoms with Crippen molar-refractivity contribution in [3.05, 3.63) is 0 Å². The Morgan fingerprint density at radius 3 is 2.45 bits per heavy atom. The Bertz CT molecular complexity index is 374. The average molecular weight is 287 g/mol. The molecule has 1 aliphatic heterocycles. The van der Waals surface area contributed by atoms with Crippen LogP contribution >= 0.6 is 0 Å². The number of carbonyl (C=O) groups excluding carboxylic acids is 2. The van der Waals surface area contributed by atoms with E-state index in [1.165, 1.54) is 11.8 Å². The highest BCUT2D eigenvalue weighted by Crippen LogP contribution is 2.35. The van der Waals surface area contributed by atoms with Gasteiger partial charge in [0.1, 0.15) is 5.60 Å². The lowest BCUT2D eigenvalue weighted by molar-refractivity contribution is -0.162. The topological polar surface area (TPSA) is 76.1 Å². The molecule has 0 aliphatic carbocycles. The van der Waals surface area contributed by atoms with Gasteiger partial charge in [0.15, 0.2) is 5.54 Å². The first kappa shape index (κ1) is 16.8. The number of ether oxygens (including phenoxy) is 2. The molecule has 1 fully saturated rings. The highest BCUT2D eigenvalue weighted by Gasteiger charge is 2.55. The second-order valence-corrected chi connectivity index (χ2v) is 6.06. The minimum atomic E-state index is -1.33. The van der Waals surface area contributed by atoms with Crippen LogP contribution in [0.4, 0.5) is 4.79 Å². The minimum Gasteiger partial charge on any atom is -0.464 e. The van der Waals surface area contributed by atoms with Crippen LogP contribution in [-0.4, -0.2) is 52.5 Å². The Hall–Kier alpha value is -1.30. The summed E-state index contributed by atoms with van der Waals surface area (Å²) in [6.45, 7) is 9.05. The zero-order valence-electron chi connectivity index (χ0n) is 12.9. The molecule has 116 valence electrons. The Kier molecular flexibility index (Phi) is 5.02. The van der Waals surface area contributed by atoms with Crippen molar-refractivity contribution in [2.75, 3.05) is 13.2 Å². The summed E-state index contributed by atoms with van der Waals surface area (Å²) in [5, 5.41) is 10.1. The number of esters is 1. The van der Waals surface area contributed by atoms with Crippen molar-refractivity contribution in [3.63, 3.8) is 0 Å². The van der Waals surface area contributed by atoms with E-state index in [-0.39, 0.29) is 6.61 Å². The fraction of sp³-hybridized carbons (Fsp3) is 0.857. The van der Waals surface area contributed by atoms with Crippen molar-refractivity contribution < 1.29 is 24.2 Å². The summed E-state index contributed by atoms with van der Waals surface area (Å²) in [7, 11) is 0. The quantitative estimate of drug-likeness (QED) is 0.800. The van der Waals surface area contributed by atoms with Crippen molar-refractivity contribution in [1.82, 2.24) is 4.90 Å². The molecular formula is C14H25NO5. The van der Waals surface area contributed by atoms with Gasteiger partial charge in [0, 0.05) is 6.54 Å². The van der Waals surface area contributed by atoms with Gasteiger partial charge in [-0.15, -0.1) is 0 Å². The summed E-state index contributed by atoms with van der Waals surface area (Å²) in [6, 6.07) is 0. The van der Waals surface area contributed by atoms with Gasteiger partial charge in [-0.1, -0.05) is 0 Å². The lowest BCUT2D eigenvalue weighted by atomic mass is 9.90. The van der Waals surface area contributed by atoms with Crippen LogP contribution in [0, 0.1) is 0 Å². The molecule has 0 aromatic heterocycles. The van der Waals surface area contributed by atoms with Crippen LogP contribution in [-0.2, 0) is 14.3 Å². The summed E-state index contributed by atoms with van der Waals surface area (Å²) in [4.78, 5) is 25.8. The lowest BCUT2D eigenvalue weighted by Crippen LogP contribution is -2.60.